The molecule has 46 heavy (non-hydrogen) atoms. The highest BCUT2D eigenvalue weighted by Gasteiger charge is 2.23. The Hall–Kier alpha value is -5.57. The van der Waals surface area contributed by atoms with Crippen molar-refractivity contribution in [1.82, 2.24) is 4.57 Å². The number of nitrogens with zero attached hydrogens (tertiary/aromatic N) is 1. The fourth-order valence-electron chi connectivity index (χ4n) is 7.61. The number of benzene rings is 8. The highest BCUT2D eigenvalue weighted by Crippen LogP contribution is 2.50. The van der Waals surface area contributed by atoms with Crippen LogP contribution in [0.3, 0.4) is 0 Å². The molecule has 0 bridgehead atoms. The summed E-state index contributed by atoms with van der Waals surface area (Å²) in [5, 5.41) is 7.72. The Morgan fingerprint density at radius 1 is 0.391 bits per heavy atom. The molecule has 0 fully saturated rings. The minimum absolute atomic E-state index is 1.17. The molecule has 1 nitrogen and oxygen atoms in total. The van der Waals surface area contributed by atoms with Crippen molar-refractivity contribution in [2.45, 2.75) is 9.79 Å². The van der Waals surface area contributed by atoms with E-state index in [1.807, 2.05) is 11.8 Å². The van der Waals surface area contributed by atoms with Crippen LogP contribution in [0.15, 0.2) is 174 Å². The smallest absolute Gasteiger partial charge is 0.0553 e. The van der Waals surface area contributed by atoms with E-state index in [4.69, 9.17) is 0 Å². The first kappa shape index (κ1) is 25.7. The van der Waals surface area contributed by atoms with Gasteiger partial charge >= 0.3 is 0 Å². The molecule has 0 saturated heterocycles. The van der Waals surface area contributed by atoms with Crippen LogP contribution in [0.4, 0.5) is 0 Å². The van der Waals surface area contributed by atoms with Crippen LogP contribution in [-0.4, -0.2) is 4.57 Å². The number of para-hydroxylation sites is 2. The van der Waals surface area contributed by atoms with Gasteiger partial charge in [0.05, 0.1) is 11.0 Å². The molecule has 1 aromatic heterocycles. The lowest BCUT2D eigenvalue weighted by molar-refractivity contribution is 1.18. The molecule has 10 rings (SSSR count). The topological polar surface area (TPSA) is 4.93 Å². The van der Waals surface area contributed by atoms with Gasteiger partial charge in [-0.05, 0) is 86.4 Å². The molecular weight excluding hydrogens is 575 g/mol. The minimum atomic E-state index is 1.17. The van der Waals surface area contributed by atoms with Gasteiger partial charge in [-0.25, -0.2) is 0 Å². The van der Waals surface area contributed by atoms with Crippen molar-refractivity contribution in [3.05, 3.63) is 164 Å². The summed E-state index contributed by atoms with van der Waals surface area (Å²) in [5.41, 5.74) is 11.3. The third-order valence-electron chi connectivity index (χ3n) is 9.56. The van der Waals surface area contributed by atoms with Crippen LogP contribution in [0, 0.1) is 0 Å². The second-order valence-electron chi connectivity index (χ2n) is 12.1. The average molecular weight is 602 g/mol. The Balaban J connectivity index is 1.29. The summed E-state index contributed by atoms with van der Waals surface area (Å²) in [6.07, 6.45) is 0. The summed E-state index contributed by atoms with van der Waals surface area (Å²) in [7, 11) is 0. The van der Waals surface area contributed by atoms with E-state index in [-0.39, 0.29) is 0 Å². The van der Waals surface area contributed by atoms with Gasteiger partial charge in [-0.1, -0.05) is 133 Å². The largest absolute Gasteiger partial charge is 0.309 e. The van der Waals surface area contributed by atoms with Crippen LogP contribution in [0.25, 0.3) is 82.4 Å². The van der Waals surface area contributed by atoms with Crippen molar-refractivity contribution in [3.63, 3.8) is 0 Å². The standard InChI is InChI=1S/C44H27NS/c1-2-15-31(16-3-1)45-38-22-9-8-20-36(38)44-39(45)27-29-12-4-5-18-33(29)43(44)34-19-7-6-17-32(34)30-24-25-40-37(26-30)35-21-10-13-28-14-11-23-41(46-40)42(28)35/h1-27H. The van der Waals surface area contributed by atoms with Crippen molar-refractivity contribution >= 4 is 55.1 Å². The maximum Gasteiger partial charge on any atom is 0.0553 e. The molecule has 2 heteroatoms. The van der Waals surface area contributed by atoms with Gasteiger partial charge < -0.3 is 4.57 Å². The van der Waals surface area contributed by atoms with E-state index < -0.39 is 0 Å². The molecule has 0 aliphatic carbocycles. The van der Waals surface area contributed by atoms with Gasteiger partial charge in [-0.15, -0.1) is 0 Å². The van der Waals surface area contributed by atoms with Gasteiger partial charge in [0.25, 0.3) is 0 Å². The van der Waals surface area contributed by atoms with Crippen LogP contribution >= 0.6 is 11.8 Å². The highest BCUT2D eigenvalue weighted by molar-refractivity contribution is 7.99. The summed E-state index contributed by atoms with van der Waals surface area (Å²) >= 11 is 1.88. The van der Waals surface area contributed by atoms with Crippen LogP contribution in [-0.2, 0) is 0 Å². The Labute approximate surface area is 271 Å². The predicted molar refractivity (Wildman–Crippen MR) is 196 cm³/mol. The third kappa shape index (κ3) is 3.71. The molecule has 0 spiro atoms. The minimum Gasteiger partial charge on any atom is -0.309 e. The van der Waals surface area contributed by atoms with Gasteiger partial charge in [-0.3, -0.25) is 0 Å². The summed E-state index contributed by atoms with van der Waals surface area (Å²) in [4.78, 5) is 2.65. The zero-order valence-electron chi connectivity index (χ0n) is 24.9. The van der Waals surface area contributed by atoms with E-state index in [1.54, 1.807) is 0 Å². The lowest BCUT2D eigenvalue weighted by Gasteiger charge is -2.22. The first-order valence-electron chi connectivity index (χ1n) is 15.8. The molecule has 8 aromatic carbocycles. The summed E-state index contributed by atoms with van der Waals surface area (Å²) in [5.74, 6) is 0. The summed E-state index contributed by atoms with van der Waals surface area (Å²) in [6, 6.07) is 60.2. The first-order valence-corrected chi connectivity index (χ1v) is 16.6. The third-order valence-corrected chi connectivity index (χ3v) is 10.7. The molecule has 0 amide bonds. The molecule has 0 N–H and O–H groups in total. The first-order chi connectivity index (χ1) is 22.8. The van der Waals surface area contributed by atoms with Gasteiger partial charge in [0, 0.05) is 37.2 Å². The second kappa shape index (κ2) is 9.97. The Kier molecular flexibility index (Phi) is 5.58. The zero-order valence-corrected chi connectivity index (χ0v) is 25.8. The maximum atomic E-state index is 2.43. The fourth-order valence-corrected chi connectivity index (χ4v) is 8.74. The van der Waals surface area contributed by atoms with Crippen LogP contribution in [0.2, 0.25) is 0 Å². The van der Waals surface area contributed by atoms with E-state index >= 15 is 0 Å². The lowest BCUT2D eigenvalue weighted by atomic mass is 9.87. The monoisotopic (exact) mass is 601 g/mol. The van der Waals surface area contributed by atoms with Crippen molar-refractivity contribution in [2.75, 3.05) is 0 Å². The Morgan fingerprint density at radius 2 is 1.09 bits per heavy atom. The molecule has 1 aliphatic rings. The maximum absolute atomic E-state index is 2.43. The average Bonchev–Trinajstić information content (AvgIpc) is 3.45. The zero-order chi connectivity index (χ0) is 30.2. The van der Waals surface area contributed by atoms with Crippen LogP contribution in [0.5, 0.6) is 0 Å². The SMILES string of the molecule is c1ccc(-n2c3ccccc3c3c(-c4ccccc4-c4ccc5c(c4)-c4cccc6cccc(c46)S5)c4ccccc4cc32)cc1. The Bertz CT molecular complexity index is 2660. The second-order valence-corrected chi connectivity index (χ2v) is 13.2. The van der Waals surface area contributed by atoms with E-state index in [0.29, 0.717) is 0 Å². The number of fused-ring (bicyclic) bond motifs is 6. The van der Waals surface area contributed by atoms with Crippen molar-refractivity contribution in [2.24, 2.45) is 0 Å². The number of aromatic nitrogens is 1. The van der Waals surface area contributed by atoms with Gasteiger partial charge in [0.15, 0.2) is 0 Å². The van der Waals surface area contributed by atoms with E-state index in [2.05, 4.69) is 168 Å². The molecule has 0 unspecified atom stereocenters. The van der Waals surface area contributed by atoms with Gasteiger partial charge in [0.1, 0.15) is 0 Å². The number of rotatable bonds is 3. The van der Waals surface area contributed by atoms with Crippen molar-refractivity contribution in [3.8, 4) is 39.1 Å². The Morgan fingerprint density at radius 3 is 1.98 bits per heavy atom. The molecule has 0 saturated carbocycles. The van der Waals surface area contributed by atoms with Crippen LogP contribution < -0.4 is 0 Å². The predicted octanol–water partition coefficient (Wildman–Crippen LogP) is 12.6. The fraction of sp³-hybridized carbons (Fsp3) is 0. The normalized spacial score (nSPS) is 12.3. The highest BCUT2D eigenvalue weighted by atomic mass is 32.2. The van der Waals surface area contributed by atoms with Crippen LogP contribution in [0.1, 0.15) is 0 Å². The number of hydrogen-bond donors (Lipinski definition) is 0. The molecule has 2 heterocycles. The van der Waals surface area contributed by atoms with E-state index in [9.17, 15) is 0 Å². The molecule has 0 atom stereocenters. The quantitative estimate of drug-likeness (QED) is 0.195. The molecule has 9 aromatic rings. The molecule has 214 valence electrons. The van der Waals surface area contributed by atoms with E-state index in [1.165, 1.54) is 92.2 Å². The molecular formula is C44H27NS. The molecule has 0 radical (unpaired) electrons. The van der Waals surface area contributed by atoms with Gasteiger partial charge in [0.2, 0.25) is 0 Å². The summed E-state index contributed by atoms with van der Waals surface area (Å²) < 4.78 is 2.43. The van der Waals surface area contributed by atoms with E-state index in [0.717, 1.165) is 0 Å². The lowest BCUT2D eigenvalue weighted by Crippen LogP contribution is -1.95. The number of hydrogen-bond acceptors (Lipinski definition) is 1. The summed E-state index contributed by atoms with van der Waals surface area (Å²) in [6.45, 7) is 0. The van der Waals surface area contributed by atoms with Crippen molar-refractivity contribution in [1.29, 1.82) is 0 Å². The van der Waals surface area contributed by atoms with Crippen molar-refractivity contribution < 1.29 is 0 Å². The molecule has 1 aliphatic heterocycles. The van der Waals surface area contributed by atoms with Gasteiger partial charge in [-0.2, -0.15) is 0 Å².